The second-order valence-electron chi connectivity index (χ2n) is 5.33. The van der Waals surface area contributed by atoms with Crippen molar-refractivity contribution >= 4 is 22.6 Å². The van der Waals surface area contributed by atoms with E-state index in [0.717, 1.165) is 22.4 Å². The summed E-state index contributed by atoms with van der Waals surface area (Å²) < 4.78 is 1.75. The number of fused-ring (bicyclic) bond motifs is 3. The van der Waals surface area contributed by atoms with Crippen LogP contribution in [0.4, 0.5) is 4.79 Å². The van der Waals surface area contributed by atoms with Crippen LogP contribution in [0.25, 0.3) is 16.8 Å². The monoisotopic (exact) mass is 368 g/mol. The molecular weight excluding hydrogens is 344 g/mol. The van der Waals surface area contributed by atoms with E-state index in [1.165, 1.54) is 11.8 Å². The molecule has 1 aromatic heterocycles. The van der Waals surface area contributed by atoms with E-state index in [9.17, 15) is 4.79 Å². The Hall–Kier alpha value is -2.60. The van der Waals surface area contributed by atoms with Crippen molar-refractivity contribution in [2.24, 2.45) is 7.05 Å². The lowest BCUT2D eigenvalue weighted by Gasteiger charge is -2.28. The average molecular weight is 369 g/mol. The Morgan fingerprint density at radius 1 is 1.23 bits per heavy atom. The quantitative estimate of drug-likeness (QED) is 0.757. The molecule has 26 heavy (non-hydrogen) atoms. The lowest BCUT2D eigenvalue weighted by atomic mass is 9.96. The predicted octanol–water partition coefficient (Wildman–Crippen LogP) is 4.89. The number of amides is 1. The molecule has 1 aromatic carbocycles. The summed E-state index contributed by atoms with van der Waals surface area (Å²) in [5.41, 5.74) is 5.12. The van der Waals surface area contributed by atoms with Crippen LogP contribution in [0.2, 0.25) is 0 Å². The largest absolute Gasteiger partial charge is 0.298 e. The average Bonchev–Trinajstić information content (AvgIpc) is 3.05. The normalized spacial score (nSPS) is 15.6. The minimum atomic E-state index is -0.0496. The van der Waals surface area contributed by atoms with Gasteiger partial charge in [-0.05, 0) is 17.9 Å². The molecule has 6 heteroatoms. The van der Waals surface area contributed by atoms with Gasteiger partial charge >= 0.3 is 0 Å². The Labute approximate surface area is 159 Å². The van der Waals surface area contributed by atoms with Gasteiger partial charge in [-0.2, -0.15) is 0 Å². The molecule has 0 N–H and O–H groups in total. The molecule has 0 spiro atoms. The number of carbonyl (C=O) groups is 1. The maximum Gasteiger partial charge on any atom is 0.286 e. The highest BCUT2D eigenvalue weighted by molar-refractivity contribution is 8.12. The molecule has 0 atom stereocenters. The Morgan fingerprint density at radius 2 is 1.92 bits per heavy atom. The van der Waals surface area contributed by atoms with Crippen molar-refractivity contribution in [3.8, 4) is 11.3 Å². The number of aromatic nitrogens is 3. The first-order valence-corrected chi connectivity index (χ1v) is 9.67. The fourth-order valence-electron chi connectivity index (χ4n) is 2.95. The van der Waals surface area contributed by atoms with Crippen molar-refractivity contribution in [1.82, 2.24) is 19.9 Å². The second-order valence-corrected chi connectivity index (χ2v) is 6.09. The molecule has 0 bridgehead atoms. The summed E-state index contributed by atoms with van der Waals surface area (Å²) in [5, 5.41) is 8.45. The fourth-order valence-corrected chi connectivity index (χ4v) is 3.33. The maximum absolute atomic E-state index is 12.5. The molecular formula is C20H24N4OS. The summed E-state index contributed by atoms with van der Waals surface area (Å²) in [6.07, 6.45) is 5.16. The van der Waals surface area contributed by atoms with Crippen LogP contribution >= 0.6 is 11.8 Å². The van der Waals surface area contributed by atoms with Crippen LogP contribution in [0.3, 0.4) is 0 Å². The number of benzene rings is 1. The molecule has 0 fully saturated rings. The Bertz CT molecular complexity index is 866. The number of nitrogens with zero attached hydrogens (tertiary/aromatic N) is 4. The number of aryl methyl sites for hydroxylation is 1. The SMILES string of the molecule is C=C/C1=C(\C=C)N(C(=O)SC)Cc2ccccc2-c2c1nnn2C.CC. The Kier molecular flexibility index (Phi) is 6.58. The third kappa shape index (κ3) is 3.37. The van der Waals surface area contributed by atoms with E-state index in [1.54, 1.807) is 28.0 Å². The predicted molar refractivity (Wildman–Crippen MR) is 110 cm³/mol. The molecule has 3 rings (SSSR count). The van der Waals surface area contributed by atoms with E-state index in [-0.39, 0.29) is 5.24 Å². The van der Waals surface area contributed by atoms with Crippen molar-refractivity contribution in [2.75, 3.05) is 6.26 Å². The summed E-state index contributed by atoms with van der Waals surface area (Å²) in [7, 11) is 1.86. The van der Waals surface area contributed by atoms with Crippen LogP contribution in [0.1, 0.15) is 25.1 Å². The first-order valence-electron chi connectivity index (χ1n) is 8.45. The molecule has 0 unspecified atom stereocenters. The van der Waals surface area contributed by atoms with Crippen molar-refractivity contribution in [3.63, 3.8) is 0 Å². The van der Waals surface area contributed by atoms with E-state index in [2.05, 4.69) is 23.5 Å². The van der Waals surface area contributed by atoms with Gasteiger partial charge in [-0.1, -0.05) is 74.3 Å². The van der Waals surface area contributed by atoms with Gasteiger partial charge in [0.05, 0.1) is 17.9 Å². The van der Waals surface area contributed by atoms with Crippen molar-refractivity contribution in [3.05, 3.63) is 66.5 Å². The highest BCUT2D eigenvalue weighted by atomic mass is 32.2. The zero-order chi connectivity index (χ0) is 19.3. The van der Waals surface area contributed by atoms with E-state index in [4.69, 9.17) is 0 Å². The minimum Gasteiger partial charge on any atom is -0.298 e. The van der Waals surface area contributed by atoms with Gasteiger partial charge in [-0.15, -0.1) is 5.10 Å². The van der Waals surface area contributed by atoms with Gasteiger partial charge in [0.25, 0.3) is 5.24 Å². The number of hydrogen-bond donors (Lipinski definition) is 0. The van der Waals surface area contributed by atoms with Crippen molar-refractivity contribution in [1.29, 1.82) is 0 Å². The van der Waals surface area contributed by atoms with Gasteiger partial charge < -0.3 is 0 Å². The van der Waals surface area contributed by atoms with Gasteiger partial charge in [-0.25, -0.2) is 4.68 Å². The van der Waals surface area contributed by atoms with Crippen molar-refractivity contribution in [2.45, 2.75) is 20.4 Å². The molecule has 5 nitrogen and oxygen atoms in total. The first-order chi connectivity index (χ1) is 12.6. The molecule has 1 amide bonds. The van der Waals surface area contributed by atoms with Crippen LogP contribution in [0.15, 0.2) is 55.3 Å². The van der Waals surface area contributed by atoms with Gasteiger partial charge in [0, 0.05) is 18.2 Å². The standard InChI is InChI=1S/C18H18N4OS.C2H6/c1-5-13-15(6-2)22(18(23)24-4)11-12-9-7-8-10-14(12)17-16(13)19-20-21(17)3;1-2/h5-10H,1-2,11H2,3-4H3;1-2H3/b15-13-;. The van der Waals surface area contributed by atoms with E-state index >= 15 is 0 Å². The summed E-state index contributed by atoms with van der Waals surface area (Å²) in [4.78, 5) is 14.2. The van der Waals surface area contributed by atoms with Crippen LogP contribution in [0, 0.1) is 0 Å². The lowest BCUT2D eigenvalue weighted by Crippen LogP contribution is -2.27. The molecule has 2 heterocycles. The minimum absolute atomic E-state index is 0.0496. The Balaban J connectivity index is 0.00000117. The van der Waals surface area contributed by atoms with Crippen molar-refractivity contribution < 1.29 is 4.79 Å². The Morgan fingerprint density at radius 3 is 2.54 bits per heavy atom. The highest BCUT2D eigenvalue weighted by Crippen LogP contribution is 2.37. The smallest absolute Gasteiger partial charge is 0.286 e. The summed E-state index contributed by atoms with van der Waals surface area (Å²) in [6.45, 7) is 12.3. The molecule has 2 aromatic rings. The fraction of sp³-hybridized carbons (Fsp3) is 0.250. The second kappa shape index (κ2) is 8.67. The maximum atomic E-state index is 12.5. The van der Waals surface area contributed by atoms with Gasteiger partial charge in [0.15, 0.2) is 0 Å². The third-order valence-electron chi connectivity index (χ3n) is 4.04. The summed E-state index contributed by atoms with van der Waals surface area (Å²) >= 11 is 1.17. The number of carbonyl (C=O) groups excluding carboxylic acids is 1. The topological polar surface area (TPSA) is 51.0 Å². The molecule has 0 radical (unpaired) electrons. The van der Waals surface area contributed by atoms with Gasteiger partial charge in [0.2, 0.25) is 0 Å². The van der Waals surface area contributed by atoms with E-state index < -0.39 is 0 Å². The van der Waals surface area contributed by atoms with E-state index in [1.807, 2.05) is 45.2 Å². The molecule has 1 aliphatic heterocycles. The first kappa shape index (κ1) is 19.7. The van der Waals surface area contributed by atoms with Crippen LogP contribution in [-0.2, 0) is 13.6 Å². The number of thioether (sulfide) groups is 1. The highest BCUT2D eigenvalue weighted by Gasteiger charge is 2.27. The number of allylic oxidation sites excluding steroid dienone is 3. The van der Waals surface area contributed by atoms with Crippen LogP contribution < -0.4 is 0 Å². The van der Waals surface area contributed by atoms with Crippen LogP contribution in [-0.4, -0.2) is 31.4 Å². The zero-order valence-corrected chi connectivity index (χ0v) is 16.5. The van der Waals surface area contributed by atoms with Crippen LogP contribution in [0.5, 0.6) is 0 Å². The summed E-state index contributed by atoms with van der Waals surface area (Å²) in [6, 6.07) is 7.99. The number of hydrogen-bond acceptors (Lipinski definition) is 4. The molecule has 0 saturated carbocycles. The summed E-state index contributed by atoms with van der Waals surface area (Å²) in [5.74, 6) is 0. The zero-order valence-electron chi connectivity index (χ0n) is 15.7. The molecule has 0 saturated heterocycles. The van der Waals surface area contributed by atoms with E-state index in [0.29, 0.717) is 17.9 Å². The number of rotatable bonds is 2. The molecule has 136 valence electrons. The molecule has 1 aliphatic rings. The van der Waals surface area contributed by atoms with Gasteiger partial charge in [-0.3, -0.25) is 9.69 Å². The van der Waals surface area contributed by atoms with Gasteiger partial charge in [0.1, 0.15) is 5.69 Å². The third-order valence-corrected chi connectivity index (χ3v) is 4.61. The molecule has 0 aliphatic carbocycles. The lowest BCUT2D eigenvalue weighted by molar-refractivity contribution is 0.235.